The van der Waals surface area contributed by atoms with E-state index in [1.165, 1.54) is 51.7 Å². The summed E-state index contributed by atoms with van der Waals surface area (Å²) in [5.41, 5.74) is 0. The molecule has 0 aromatic carbocycles. The first-order valence-electron chi connectivity index (χ1n) is 6.29. The van der Waals surface area contributed by atoms with Crippen LogP contribution in [0.15, 0.2) is 0 Å². The lowest BCUT2D eigenvalue weighted by atomic mass is 10.1. The van der Waals surface area contributed by atoms with E-state index in [1.54, 1.807) is 0 Å². The van der Waals surface area contributed by atoms with Gasteiger partial charge in [0.05, 0.1) is 6.17 Å². The third-order valence-electron chi connectivity index (χ3n) is 3.74. The average Bonchev–Trinajstić information content (AvgIpc) is 2.41. The number of fused-ring (bicyclic) bond motifs is 1. The largest absolute Gasteiger partial charge is 0.288 e. The van der Waals surface area contributed by atoms with E-state index in [9.17, 15) is 0 Å². The van der Waals surface area contributed by atoms with Crippen LogP contribution in [0.25, 0.3) is 0 Å². The molecule has 2 saturated heterocycles. The van der Waals surface area contributed by atoms with Gasteiger partial charge in [0.1, 0.15) is 0 Å². The van der Waals surface area contributed by atoms with Crippen molar-refractivity contribution in [1.29, 1.82) is 0 Å². The number of nitrogens with zero attached hydrogens (tertiary/aromatic N) is 2. The summed E-state index contributed by atoms with van der Waals surface area (Å²) in [5.74, 6) is 0. The molecule has 2 nitrogen and oxygen atoms in total. The van der Waals surface area contributed by atoms with Crippen LogP contribution < -0.4 is 0 Å². The van der Waals surface area contributed by atoms with Gasteiger partial charge in [-0.25, -0.2) is 0 Å². The Morgan fingerprint density at radius 3 is 2.50 bits per heavy atom. The van der Waals surface area contributed by atoms with Gasteiger partial charge in [0.2, 0.25) is 0 Å². The molecule has 14 heavy (non-hydrogen) atoms. The van der Waals surface area contributed by atoms with Crippen LogP contribution in [0.1, 0.15) is 46.0 Å². The lowest BCUT2D eigenvalue weighted by Gasteiger charge is -2.45. The molecule has 2 heterocycles. The zero-order chi connectivity index (χ0) is 9.97. The molecule has 0 spiro atoms. The van der Waals surface area contributed by atoms with Crippen LogP contribution in [-0.4, -0.2) is 41.6 Å². The Morgan fingerprint density at radius 1 is 0.929 bits per heavy atom. The van der Waals surface area contributed by atoms with E-state index in [1.807, 2.05) is 0 Å². The second kappa shape index (κ2) is 4.63. The predicted octanol–water partition coefficient (Wildman–Crippen LogP) is 2.30. The van der Waals surface area contributed by atoms with Crippen LogP contribution >= 0.6 is 0 Å². The molecule has 2 fully saturated rings. The monoisotopic (exact) mass is 196 g/mol. The summed E-state index contributed by atoms with van der Waals surface area (Å²) in [6.45, 7) is 8.68. The first-order chi connectivity index (χ1) is 6.79. The summed E-state index contributed by atoms with van der Waals surface area (Å²) >= 11 is 0. The highest BCUT2D eigenvalue weighted by Crippen LogP contribution is 2.25. The van der Waals surface area contributed by atoms with Crippen LogP contribution in [0.5, 0.6) is 0 Å². The van der Waals surface area contributed by atoms with Gasteiger partial charge < -0.3 is 0 Å². The van der Waals surface area contributed by atoms with Gasteiger partial charge in [-0.2, -0.15) is 0 Å². The van der Waals surface area contributed by atoms with Gasteiger partial charge in [-0.3, -0.25) is 9.80 Å². The predicted molar refractivity (Wildman–Crippen MR) is 60.3 cm³/mol. The van der Waals surface area contributed by atoms with Crippen molar-refractivity contribution in [1.82, 2.24) is 9.80 Å². The first-order valence-corrected chi connectivity index (χ1v) is 6.29. The fourth-order valence-corrected chi connectivity index (χ4v) is 2.99. The highest BCUT2D eigenvalue weighted by molar-refractivity contribution is 4.82. The fraction of sp³-hybridized carbons (Fsp3) is 1.00. The molecule has 0 bridgehead atoms. The Labute approximate surface area is 88.3 Å². The maximum atomic E-state index is 2.72. The van der Waals surface area contributed by atoms with Crippen molar-refractivity contribution >= 4 is 0 Å². The van der Waals surface area contributed by atoms with E-state index in [2.05, 4.69) is 23.6 Å². The smallest absolute Gasteiger partial charge is 0.0624 e. The van der Waals surface area contributed by atoms with Gasteiger partial charge in [-0.1, -0.05) is 12.8 Å². The molecule has 2 heteroatoms. The van der Waals surface area contributed by atoms with E-state index in [4.69, 9.17) is 0 Å². The molecule has 0 amide bonds. The van der Waals surface area contributed by atoms with Crippen LogP contribution in [0.3, 0.4) is 0 Å². The van der Waals surface area contributed by atoms with Crippen LogP contribution in [0.2, 0.25) is 0 Å². The molecule has 0 aromatic heterocycles. The molecule has 0 saturated carbocycles. The summed E-state index contributed by atoms with van der Waals surface area (Å²) in [7, 11) is 0. The zero-order valence-corrected chi connectivity index (χ0v) is 9.71. The summed E-state index contributed by atoms with van der Waals surface area (Å²) in [4.78, 5) is 5.42. The van der Waals surface area contributed by atoms with Gasteiger partial charge >= 0.3 is 0 Å². The Balaban J connectivity index is 2.04. The van der Waals surface area contributed by atoms with Gasteiger partial charge in [0.15, 0.2) is 0 Å². The second-order valence-electron chi connectivity index (χ2n) is 5.05. The molecule has 82 valence electrons. The van der Waals surface area contributed by atoms with Crippen molar-refractivity contribution in [3.8, 4) is 0 Å². The molecule has 2 aliphatic heterocycles. The lowest BCUT2D eigenvalue weighted by Crippen LogP contribution is -2.55. The van der Waals surface area contributed by atoms with Gasteiger partial charge in [-0.15, -0.1) is 0 Å². The Morgan fingerprint density at radius 2 is 1.71 bits per heavy atom. The van der Waals surface area contributed by atoms with E-state index in [0.717, 1.165) is 12.2 Å². The van der Waals surface area contributed by atoms with E-state index >= 15 is 0 Å². The maximum Gasteiger partial charge on any atom is 0.0624 e. The van der Waals surface area contributed by atoms with Gasteiger partial charge in [-0.05, 0) is 39.7 Å². The average molecular weight is 196 g/mol. The summed E-state index contributed by atoms with van der Waals surface area (Å²) in [6.07, 6.45) is 7.84. The lowest BCUT2D eigenvalue weighted by molar-refractivity contribution is -0.0142. The summed E-state index contributed by atoms with van der Waals surface area (Å²) in [5, 5.41) is 0. The van der Waals surface area contributed by atoms with Crippen LogP contribution in [0, 0.1) is 0 Å². The summed E-state index contributed by atoms with van der Waals surface area (Å²) in [6, 6.07) is 0.723. The highest BCUT2D eigenvalue weighted by atomic mass is 15.4. The molecule has 0 radical (unpaired) electrons. The third-order valence-corrected chi connectivity index (χ3v) is 3.74. The van der Waals surface area contributed by atoms with Gasteiger partial charge in [0.25, 0.3) is 0 Å². The van der Waals surface area contributed by atoms with E-state index < -0.39 is 0 Å². The number of rotatable bonds is 1. The van der Waals surface area contributed by atoms with Crippen molar-refractivity contribution in [3.63, 3.8) is 0 Å². The molecule has 2 aliphatic rings. The molecule has 0 aliphatic carbocycles. The maximum absolute atomic E-state index is 2.72. The minimum atomic E-state index is 0.723. The normalized spacial score (nSPS) is 31.5. The topological polar surface area (TPSA) is 6.48 Å². The molecule has 1 atom stereocenters. The SMILES string of the molecule is CC(C)N1CCCN2CCCCCC21. The standard InChI is InChI=1S/C12H24N2/c1-11(2)14-10-6-9-13-8-5-3-4-7-12(13)14/h11-12H,3-10H2,1-2H3. The van der Waals surface area contributed by atoms with E-state index in [-0.39, 0.29) is 0 Å². The number of hydrogen-bond acceptors (Lipinski definition) is 2. The van der Waals surface area contributed by atoms with Crippen molar-refractivity contribution in [2.75, 3.05) is 19.6 Å². The highest BCUT2D eigenvalue weighted by Gasteiger charge is 2.30. The Hall–Kier alpha value is -0.0800. The van der Waals surface area contributed by atoms with Crippen molar-refractivity contribution in [3.05, 3.63) is 0 Å². The Bertz CT molecular complexity index is 179. The summed E-state index contributed by atoms with van der Waals surface area (Å²) < 4.78 is 0. The minimum absolute atomic E-state index is 0.723. The van der Waals surface area contributed by atoms with Crippen molar-refractivity contribution in [2.24, 2.45) is 0 Å². The van der Waals surface area contributed by atoms with Crippen molar-refractivity contribution < 1.29 is 0 Å². The fourth-order valence-electron chi connectivity index (χ4n) is 2.99. The molecular formula is C12H24N2. The molecule has 1 unspecified atom stereocenters. The van der Waals surface area contributed by atoms with Gasteiger partial charge in [0, 0.05) is 19.1 Å². The van der Waals surface area contributed by atoms with Crippen LogP contribution in [-0.2, 0) is 0 Å². The molecule has 2 rings (SSSR count). The first kappa shape index (κ1) is 10.4. The quantitative estimate of drug-likeness (QED) is 0.635. The molecule has 0 aromatic rings. The van der Waals surface area contributed by atoms with Crippen molar-refractivity contribution in [2.45, 2.75) is 58.2 Å². The molecule has 0 N–H and O–H groups in total. The number of hydrogen-bond donors (Lipinski definition) is 0. The minimum Gasteiger partial charge on any atom is -0.288 e. The zero-order valence-electron chi connectivity index (χ0n) is 9.71. The van der Waals surface area contributed by atoms with Crippen LogP contribution in [0.4, 0.5) is 0 Å². The Kier molecular flexibility index (Phi) is 3.45. The van der Waals surface area contributed by atoms with E-state index in [0.29, 0.717) is 0 Å². The molecular weight excluding hydrogens is 172 g/mol. The second-order valence-corrected chi connectivity index (χ2v) is 5.05. The third kappa shape index (κ3) is 2.12.